The molecular formula is C60H55F6N9O15. The second kappa shape index (κ2) is 24.6. The van der Waals surface area contributed by atoms with E-state index in [1.54, 1.807) is 11.8 Å². The summed E-state index contributed by atoms with van der Waals surface area (Å²) in [5.41, 5.74) is -4.85. The molecule has 7 aliphatic rings. The average molecular weight is 1260 g/mol. The number of hydrogen-bond acceptors (Lipinski definition) is 16. The van der Waals surface area contributed by atoms with Crippen LogP contribution in [0.3, 0.4) is 0 Å². The van der Waals surface area contributed by atoms with Gasteiger partial charge in [0.15, 0.2) is 46.8 Å². The van der Waals surface area contributed by atoms with E-state index in [9.17, 15) is 84.8 Å². The van der Waals surface area contributed by atoms with Crippen molar-refractivity contribution in [1.82, 2.24) is 43.9 Å². The third-order valence-corrected chi connectivity index (χ3v) is 16.7. The molecule has 90 heavy (non-hydrogen) atoms. The lowest BCUT2D eigenvalue weighted by atomic mass is 10.1. The molecule has 30 heteroatoms. The van der Waals surface area contributed by atoms with Gasteiger partial charge >= 0.3 is 5.97 Å². The molecule has 3 aromatic carbocycles. The second-order valence-electron chi connectivity index (χ2n) is 22.3. The van der Waals surface area contributed by atoms with Crippen molar-refractivity contribution in [1.29, 1.82) is 0 Å². The monoisotopic (exact) mass is 1260 g/mol. The van der Waals surface area contributed by atoms with Gasteiger partial charge in [0.2, 0.25) is 16.3 Å². The van der Waals surface area contributed by atoms with E-state index in [0.29, 0.717) is 50.9 Å². The second-order valence-corrected chi connectivity index (χ2v) is 22.3. The number of nitrogens with one attached hydrogen (secondary N) is 2. The number of carbonyl (C=O) groups excluding carboxylic acids is 6. The molecule has 0 spiro atoms. The molecule has 472 valence electrons. The molecule has 7 aliphatic heterocycles. The minimum absolute atomic E-state index is 0.0289. The minimum atomic E-state index is -1.11. The van der Waals surface area contributed by atoms with Crippen LogP contribution in [0.15, 0.2) is 87.6 Å². The molecular weight excluding hydrogens is 1200 g/mol. The van der Waals surface area contributed by atoms with E-state index in [1.807, 2.05) is 6.92 Å². The lowest BCUT2D eigenvalue weighted by Gasteiger charge is -2.44. The number of ether oxygens (including phenoxy) is 3. The Balaban J connectivity index is 0.000000139. The highest BCUT2D eigenvalue weighted by Gasteiger charge is 2.49. The fraction of sp³-hybridized carbons (Fsp3) is 0.350. The summed E-state index contributed by atoms with van der Waals surface area (Å²) in [6, 6.07) is 8.57. The number of rotatable bonds is 9. The van der Waals surface area contributed by atoms with Crippen LogP contribution < -0.4 is 26.9 Å². The molecule has 6 aromatic rings. The molecule has 5 amide bonds. The Morgan fingerprint density at radius 3 is 1.54 bits per heavy atom. The van der Waals surface area contributed by atoms with Gasteiger partial charge in [-0.25, -0.2) is 31.1 Å². The number of benzene rings is 3. The Labute approximate surface area is 504 Å². The standard InChI is InChI=1S/C21H20F2N4O4.C20H18F2N2O6.C19H17F2N3O5/c22-12-4-3-11(15(23)6-12)7-24-20(30)14-9-25-10-16-26-5-1-2-13(26)8-27(16)21(31)17(25)19(29)18(14)28;1-10-4-5-29-15-8-23-7-13(17(25)18(26)16(23)19(27)24(10)15)20(28)30-9-11-2-3-12(21)6-14(11)22;1-9-8-29-14-7-23-6-12(16(25)17(26)15(23)19(28)24(9)14)18(27)22-5-10-2-3-11(20)4-13(10)21/h3-4,6,9,13,16,29H,1-2,5,7-8,10H2,(H,24,30);2-3,6-7,10,15,26H,4-5,8-9H2,1H3;2-4,6,9,14,26H,5,7-8H2,1H3,(H,22,27)/t13-,16+;10-,15+;9-,14+/m110/s1. The van der Waals surface area contributed by atoms with Gasteiger partial charge in [-0.3, -0.25) is 43.3 Å². The van der Waals surface area contributed by atoms with Gasteiger partial charge in [0.1, 0.15) is 64.4 Å². The summed E-state index contributed by atoms with van der Waals surface area (Å²) >= 11 is 0. The van der Waals surface area contributed by atoms with Gasteiger partial charge in [-0.15, -0.1) is 0 Å². The first kappa shape index (κ1) is 61.8. The van der Waals surface area contributed by atoms with Crippen molar-refractivity contribution in [3.05, 3.63) is 189 Å². The first-order valence-corrected chi connectivity index (χ1v) is 28.3. The van der Waals surface area contributed by atoms with Crippen LogP contribution in [0.5, 0.6) is 17.2 Å². The fourth-order valence-electron chi connectivity index (χ4n) is 12.1. The molecule has 3 aromatic heterocycles. The first-order valence-electron chi connectivity index (χ1n) is 28.3. The Morgan fingerprint density at radius 1 is 0.567 bits per heavy atom. The van der Waals surface area contributed by atoms with Crippen LogP contribution in [-0.2, 0) is 53.5 Å². The highest BCUT2D eigenvalue weighted by atomic mass is 19.2. The zero-order valence-electron chi connectivity index (χ0n) is 47.7. The number of carbonyl (C=O) groups is 6. The van der Waals surface area contributed by atoms with Gasteiger partial charge in [-0.05, 0) is 57.4 Å². The Morgan fingerprint density at radius 2 is 1.02 bits per heavy atom. The number of aromatic nitrogens is 3. The molecule has 10 heterocycles. The summed E-state index contributed by atoms with van der Waals surface area (Å²) in [5.74, 6) is -11.6. The van der Waals surface area contributed by atoms with Crippen molar-refractivity contribution in [2.75, 3.05) is 26.3 Å². The van der Waals surface area contributed by atoms with E-state index < -0.39 is 134 Å². The van der Waals surface area contributed by atoms with Crippen molar-refractivity contribution in [3.8, 4) is 17.2 Å². The SMILES string of the molecule is C[C@@H]1CCO[C@H]2Cn3cc(C(=O)OCc4ccc(F)cc4F)c(=O)c(O)c3C(=O)N12.C[C@H]1CO[C@@H]2Cn3cc(C(=O)NCc4ccc(F)cc4F)c(=O)c(O)c3C(=O)N12.O=C(NCc1ccc(F)cc1F)c1cn2c(c(O)c1=O)C(=O)N1C[C@H]3CCCN3[C@@H]1C2. The number of hydrogen-bond donors (Lipinski definition) is 5. The van der Waals surface area contributed by atoms with Gasteiger partial charge < -0.3 is 68.6 Å². The zero-order valence-corrected chi connectivity index (χ0v) is 47.7. The van der Waals surface area contributed by atoms with E-state index in [4.69, 9.17) is 14.2 Å². The molecule has 24 nitrogen and oxygen atoms in total. The molecule has 4 saturated heterocycles. The van der Waals surface area contributed by atoms with Crippen molar-refractivity contribution in [2.24, 2.45) is 0 Å². The highest BCUT2D eigenvalue weighted by molar-refractivity contribution is 6.01. The van der Waals surface area contributed by atoms with E-state index >= 15 is 0 Å². The zero-order chi connectivity index (χ0) is 64.3. The smallest absolute Gasteiger partial charge is 0.344 e. The lowest BCUT2D eigenvalue weighted by Crippen LogP contribution is -2.57. The number of aromatic hydroxyl groups is 3. The third kappa shape index (κ3) is 11.5. The average Bonchev–Trinajstić information content (AvgIpc) is 1.41. The van der Waals surface area contributed by atoms with Gasteiger partial charge in [0.05, 0.1) is 38.9 Å². The maximum atomic E-state index is 13.8. The van der Waals surface area contributed by atoms with E-state index in [-0.39, 0.29) is 89.8 Å². The molecule has 4 fully saturated rings. The lowest BCUT2D eigenvalue weighted by molar-refractivity contribution is -0.112. The molecule has 6 atom stereocenters. The number of nitrogens with zero attached hydrogens (tertiary/aromatic N) is 7. The van der Waals surface area contributed by atoms with Crippen LogP contribution in [0.4, 0.5) is 26.3 Å². The Bertz CT molecular complexity index is 4180. The van der Waals surface area contributed by atoms with Crippen LogP contribution in [0.1, 0.15) is 112 Å². The summed E-state index contributed by atoms with van der Waals surface area (Å²) < 4.78 is 100. The summed E-state index contributed by atoms with van der Waals surface area (Å²) in [5, 5.41) is 35.9. The molecule has 0 bridgehead atoms. The molecule has 0 unspecified atom stereocenters. The molecule has 0 aliphatic carbocycles. The third-order valence-electron chi connectivity index (χ3n) is 16.7. The van der Waals surface area contributed by atoms with E-state index in [2.05, 4.69) is 15.5 Å². The van der Waals surface area contributed by atoms with Crippen molar-refractivity contribution < 1.29 is 84.6 Å². The number of esters is 1. The number of amides is 5. The van der Waals surface area contributed by atoms with Crippen LogP contribution in [0.25, 0.3) is 0 Å². The predicted molar refractivity (Wildman–Crippen MR) is 298 cm³/mol. The van der Waals surface area contributed by atoms with Crippen LogP contribution in [0.2, 0.25) is 0 Å². The Hall–Kier alpha value is -9.81. The predicted octanol–water partition coefficient (Wildman–Crippen LogP) is 3.76. The summed E-state index contributed by atoms with van der Waals surface area (Å²) in [6.07, 6.45) is 4.91. The largest absolute Gasteiger partial charge is 0.503 e. The van der Waals surface area contributed by atoms with Crippen molar-refractivity contribution >= 4 is 35.5 Å². The van der Waals surface area contributed by atoms with Crippen molar-refractivity contribution in [2.45, 2.75) is 109 Å². The van der Waals surface area contributed by atoms with Crippen LogP contribution >= 0.6 is 0 Å². The molecule has 0 saturated carbocycles. The Kier molecular flexibility index (Phi) is 16.9. The summed E-state index contributed by atoms with van der Waals surface area (Å²) in [7, 11) is 0. The van der Waals surface area contributed by atoms with Crippen molar-refractivity contribution in [3.63, 3.8) is 0 Å². The van der Waals surface area contributed by atoms with Gasteiger partial charge in [-0.2, -0.15) is 0 Å². The highest BCUT2D eigenvalue weighted by Crippen LogP contribution is 2.36. The fourth-order valence-corrected chi connectivity index (χ4v) is 12.1. The molecule has 13 rings (SSSR count). The number of halogens is 6. The normalized spacial score (nSPS) is 21.1. The maximum Gasteiger partial charge on any atom is 0.344 e. The van der Waals surface area contributed by atoms with Crippen LogP contribution in [0, 0.1) is 34.9 Å². The van der Waals surface area contributed by atoms with Gasteiger partial charge in [0, 0.05) is 91.7 Å². The topological polar surface area (TPSA) is 294 Å². The molecule has 0 radical (unpaired) electrons. The van der Waals surface area contributed by atoms with E-state index in [0.717, 1.165) is 49.8 Å². The van der Waals surface area contributed by atoms with Gasteiger partial charge in [0.25, 0.3) is 29.5 Å². The number of pyridine rings is 3. The summed E-state index contributed by atoms with van der Waals surface area (Å²) in [4.78, 5) is 120. The quantitative estimate of drug-likeness (QED) is 0.102. The first-order chi connectivity index (χ1) is 42.9. The molecule has 5 N–H and O–H groups in total. The number of fused-ring (bicyclic) bond motifs is 8. The minimum Gasteiger partial charge on any atom is -0.503 e. The van der Waals surface area contributed by atoms with Gasteiger partial charge in [-0.1, -0.05) is 12.1 Å². The summed E-state index contributed by atoms with van der Waals surface area (Å²) in [6.45, 7) is 5.35. The maximum absolute atomic E-state index is 13.8. The van der Waals surface area contributed by atoms with Crippen LogP contribution in [-0.4, -0.2) is 147 Å². The van der Waals surface area contributed by atoms with E-state index in [1.165, 1.54) is 48.0 Å².